The van der Waals surface area contributed by atoms with Gasteiger partial charge in [-0.2, -0.15) is 0 Å². The molecule has 0 spiro atoms. The molecule has 2 aromatic carbocycles. The summed E-state index contributed by atoms with van der Waals surface area (Å²) in [4.78, 5) is 12.6. The number of carbonyl (C=O) groups excluding carboxylic acids is 1. The number of halogens is 1. The number of nitrogens with one attached hydrogen (secondary N) is 1. The van der Waals surface area contributed by atoms with Crippen molar-refractivity contribution >= 4 is 29.0 Å². The quantitative estimate of drug-likeness (QED) is 0.483. The van der Waals surface area contributed by atoms with Gasteiger partial charge in [-0.15, -0.1) is 11.8 Å². The molecule has 0 aliphatic heterocycles. The number of benzene rings is 2. The van der Waals surface area contributed by atoms with Gasteiger partial charge < -0.3 is 11.1 Å². The fraction of sp³-hybridized carbons (Fsp3) is 0.188. The third kappa shape index (κ3) is 5.47. The van der Waals surface area contributed by atoms with Crippen LogP contribution in [0.15, 0.2) is 53.4 Å². The molecule has 0 aliphatic rings. The fourth-order valence-corrected chi connectivity index (χ4v) is 2.71. The number of hydrogen-bond acceptors (Lipinski definition) is 3. The van der Waals surface area contributed by atoms with Crippen LogP contribution in [-0.2, 0) is 4.79 Å². The Balaban J connectivity index is 1.70. The first kappa shape index (κ1) is 15.4. The number of nitrogens with two attached hydrogens (primary N) is 1. The average molecular weight is 304 g/mol. The van der Waals surface area contributed by atoms with Gasteiger partial charge in [0.05, 0.1) is 0 Å². The maximum Gasteiger partial charge on any atom is 0.224 e. The van der Waals surface area contributed by atoms with Crippen molar-refractivity contribution in [3.63, 3.8) is 0 Å². The van der Waals surface area contributed by atoms with Crippen molar-refractivity contribution in [2.24, 2.45) is 0 Å². The third-order valence-electron chi connectivity index (χ3n) is 2.78. The van der Waals surface area contributed by atoms with Crippen LogP contribution in [-0.4, -0.2) is 11.7 Å². The van der Waals surface area contributed by atoms with E-state index in [2.05, 4.69) is 5.32 Å². The minimum Gasteiger partial charge on any atom is -0.399 e. The molecular formula is C16H17FN2OS. The van der Waals surface area contributed by atoms with Gasteiger partial charge in [0.1, 0.15) is 5.82 Å². The lowest BCUT2D eigenvalue weighted by atomic mass is 10.2. The molecule has 0 saturated heterocycles. The van der Waals surface area contributed by atoms with Gasteiger partial charge in [-0.25, -0.2) is 4.39 Å². The first-order chi connectivity index (χ1) is 10.1. The van der Waals surface area contributed by atoms with Crippen LogP contribution in [0, 0.1) is 5.82 Å². The standard InChI is InChI=1S/C16H17FN2OS/c17-12-4-1-7-15(10-12)21-9-3-8-16(20)19-14-6-2-5-13(18)11-14/h1-2,4-7,10-11H,3,8-9,18H2,(H,19,20). The van der Waals surface area contributed by atoms with Crippen LogP contribution in [0.25, 0.3) is 0 Å². The number of thioether (sulfide) groups is 1. The van der Waals surface area contributed by atoms with Gasteiger partial charge in [-0.1, -0.05) is 12.1 Å². The van der Waals surface area contributed by atoms with Gasteiger partial charge in [0.15, 0.2) is 0 Å². The second-order valence-corrected chi connectivity index (χ2v) is 5.75. The average Bonchev–Trinajstić information content (AvgIpc) is 2.44. The zero-order valence-corrected chi connectivity index (χ0v) is 12.3. The molecule has 3 nitrogen and oxygen atoms in total. The topological polar surface area (TPSA) is 55.1 Å². The molecule has 110 valence electrons. The number of carbonyl (C=O) groups is 1. The Labute approximate surface area is 127 Å². The van der Waals surface area contributed by atoms with Crippen molar-refractivity contribution in [1.82, 2.24) is 0 Å². The summed E-state index contributed by atoms with van der Waals surface area (Å²) in [5, 5.41) is 2.80. The van der Waals surface area contributed by atoms with Crippen LogP contribution >= 0.6 is 11.8 Å². The van der Waals surface area contributed by atoms with Gasteiger partial charge >= 0.3 is 0 Å². The molecule has 2 aromatic rings. The summed E-state index contributed by atoms with van der Waals surface area (Å²) < 4.78 is 13.0. The molecule has 3 N–H and O–H groups in total. The van der Waals surface area contributed by atoms with Crippen molar-refractivity contribution in [2.45, 2.75) is 17.7 Å². The lowest BCUT2D eigenvalue weighted by Crippen LogP contribution is -2.11. The fourth-order valence-electron chi connectivity index (χ4n) is 1.82. The Morgan fingerprint density at radius 1 is 1.19 bits per heavy atom. The van der Waals surface area contributed by atoms with E-state index in [1.807, 2.05) is 6.07 Å². The van der Waals surface area contributed by atoms with Gasteiger partial charge in [0, 0.05) is 22.7 Å². The molecule has 2 rings (SSSR count). The molecule has 0 unspecified atom stereocenters. The van der Waals surface area contributed by atoms with Crippen LogP contribution < -0.4 is 11.1 Å². The highest BCUT2D eigenvalue weighted by molar-refractivity contribution is 7.99. The Hall–Kier alpha value is -2.01. The molecule has 0 saturated carbocycles. The molecule has 0 aliphatic carbocycles. The minimum absolute atomic E-state index is 0.0413. The number of anilines is 2. The number of amides is 1. The largest absolute Gasteiger partial charge is 0.399 e. The molecule has 5 heteroatoms. The highest BCUT2D eigenvalue weighted by Gasteiger charge is 2.03. The summed E-state index contributed by atoms with van der Waals surface area (Å²) >= 11 is 1.55. The molecule has 0 fully saturated rings. The molecule has 0 radical (unpaired) electrons. The predicted molar refractivity (Wildman–Crippen MR) is 85.8 cm³/mol. The zero-order chi connectivity index (χ0) is 15.1. The third-order valence-corrected chi connectivity index (χ3v) is 3.86. The highest BCUT2D eigenvalue weighted by atomic mass is 32.2. The van der Waals surface area contributed by atoms with Crippen molar-refractivity contribution in [3.05, 3.63) is 54.3 Å². The molecule has 0 aromatic heterocycles. The summed E-state index contributed by atoms with van der Waals surface area (Å²) in [6.07, 6.45) is 1.16. The van der Waals surface area contributed by atoms with Crippen LogP contribution in [0.3, 0.4) is 0 Å². The maximum absolute atomic E-state index is 13.0. The monoisotopic (exact) mass is 304 g/mol. The van der Waals surface area contributed by atoms with Crippen molar-refractivity contribution in [3.8, 4) is 0 Å². The minimum atomic E-state index is -0.237. The predicted octanol–water partition coefficient (Wildman–Crippen LogP) is 3.92. The van der Waals surface area contributed by atoms with Gasteiger partial charge in [-0.05, 0) is 48.6 Å². The molecule has 0 heterocycles. The summed E-state index contributed by atoms with van der Waals surface area (Å²) in [7, 11) is 0. The Bertz CT molecular complexity index is 619. The lowest BCUT2D eigenvalue weighted by molar-refractivity contribution is -0.116. The first-order valence-corrected chi connectivity index (χ1v) is 7.66. The van der Waals surface area contributed by atoms with E-state index >= 15 is 0 Å². The summed E-state index contributed by atoms with van der Waals surface area (Å²) in [5.74, 6) is 0.494. The maximum atomic E-state index is 13.0. The van der Waals surface area contributed by atoms with E-state index in [9.17, 15) is 9.18 Å². The zero-order valence-electron chi connectivity index (χ0n) is 11.5. The lowest BCUT2D eigenvalue weighted by Gasteiger charge is -2.06. The van der Waals surface area contributed by atoms with Crippen molar-refractivity contribution in [2.75, 3.05) is 16.8 Å². The van der Waals surface area contributed by atoms with E-state index in [0.717, 1.165) is 17.1 Å². The molecule has 0 bridgehead atoms. The van der Waals surface area contributed by atoms with Gasteiger partial charge in [-0.3, -0.25) is 4.79 Å². The molecule has 0 atom stereocenters. The Morgan fingerprint density at radius 2 is 2.00 bits per heavy atom. The first-order valence-electron chi connectivity index (χ1n) is 6.67. The van der Waals surface area contributed by atoms with Crippen LogP contribution in [0.2, 0.25) is 0 Å². The summed E-state index contributed by atoms with van der Waals surface area (Å²) in [5.41, 5.74) is 6.97. The Morgan fingerprint density at radius 3 is 2.76 bits per heavy atom. The van der Waals surface area contributed by atoms with Crippen molar-refractivity contribution in [1.29, 1.82) is 0 Å². The van der Waals surface area contributed by atoms with E-state index in [0.29, 0.717) is 17.8 Å². The molecule has 1 amide bonds. The van der Waals surface area contributed by atoms with E-state index in [4.69, 9.17) is 5.73 Å². The van der Waals surface area contributed by atoms with Crippen molar-refractivity contribution < 1.29 is 9.18 Å². The number of hydrogen-bond donors (Lipinski definition) is 2. The SMILES string of the molecule is Nc1cccc(NC(=O)CCCSc2cccc(F)c2)c1. The molecular weight excluding hydrogens is 287 g/mol. The van der Waals surface area contributed by atoms with E-state index < -0.39 is 0 Å². The van der Waals surface area contributed by atoms with Crippen LogP contribution in [0.4, 0.5) is 15.8 Å². The summed E-state index contributed by atoms with van der Waals surface area (Å²) in [6.45, 7) is 0. The number of rotatable bonds is 6. The van der Waals surface area contributed by atoms with E-state index in [1.54, 1.807) is 42.1 Å². The second-order valence-electron chi connectivity index (χ2n) is 4.58. The van der Waals surface area contributed by atoms with Gasteiger partial charge in [0.25, 0.3) is 0 Å². The smallest absolute Gasteiger partial charge is 0.224 e. The van der Waals surface area contributed by atoms with E-state index in [1.165, 1.54) is 12.1 Å². The highest BCUT2D eigenvalue weighted by Crippen LogP contribution is 2.20. The molecule has 21 heavy (non-hydrogen) atoms. The van der Waals surface area contributed by atoms with Crippen LogP contribution in [0.1, 0.15) is 12.8 Å². The Kier molecular flexibility index (Phi) is 5.63. The van der Waals surface area contributed by atoms with Gasteiger partial charge in [0.2, 0.25) is 5.91 Å². The number of nitrogen functional groups attached to an aromatic ring is 1. The summed E-state index contributed by atoms with van der Waals surface area (Å²) in [6, 6.07) is 13.6. The second kappa shape index (κ2) is 7.69. The van der Waals surface area contributed by atoms with E-state index in [-0.39, 0.29) is 11.7 Å². The normalized spacial score (nSPS) is 10.3. The van der Waals surface area contributed by atoms with Crippen LogP contribution in [0.5, 0.6) is 0 Å².